The number of hydrogen-bond acceptors (Lipinski definition) is 5. The van der Waals surface area contributed by atoms with Gasteiger partial charge in [-0.3, -0.25) is 9.69 Å². The lowest BCUT2D eigenvalue weighted by molar-refractivity contribution is -0.120. The minimum absolute atomic E-state index is 0.150. The second-order valence-electron chi connectivity index (χ2n) is 6.10. The topological polar surface area (TPSA) is 71.2 Å². The molecule has 0 bridgehead atoms. The predicted octanol–water partition coefficient (Wildman–Crippen LogP) is 2.59. The molecule has 2 heterocycles. The van der Waals surface area contributed by atoms with Crippen LogP contribution in [0.25, 0.3) is 0 Å². The summed E-state index contributed by atoms with van der Waals surface area (Å²) in [6.45, 7) is 6.97. The molecule has 1 fully saturated rings. The molecule has 1 aromatic heterocycles. The lowest BCUT2D eigenvalue weighted by Crippen LogP contribution is -2.48. The van der Waals surface area contributed by atoms with Gasteiger partial charge in [0.05, 0.1) is 11.2 Å². The van der Waals surface area contributed by atoms with E-state index in [-0.39, 0.29) is 5.91 Å². The molecule has 118 valence electrons. The lowest BCUT2D eigenvalue weighted by Gasteiger charge is -2.25. The van der Waals surface area contributed by atoms with Crippen molar-refractivity contribution >= 4 is 22.4 Å². The van der Waals surface area contributed by atoms with Gasteiger partial charge in [0.25, 0.3) is 0 Å². The fraction of sp³-hybridized carbons (Fsp3) is 0.733. The number of aromatic nitrogens is 1. The molecule has 0 radical (unpaired) electrons. The summed E-state index contributed by atoms with van der Waals surface area (Å²) in [5.74, 6) is -0.150. The summed E-state index contributed by atoms with van der Waals surface area (Å²) in [6.07, 6.45) is 5.44. The monoisotopic (exact) mass is 310 g/mol. The Morgan fingerprint density at radius 2 is 2.19 bits per heavy atom. The van der Waals surface area contributed by atoms with E-state index in [2.05, 4.69) is 15.2 Å². The molecular formula is C15H26N4OS. The molecule has 0 aromatic carbocycles. The number of likely N-dealkylation sites (tertiary alicyclic amines) is 1. The number of thiazole rings is 1. The first-order chi connectivity index (χ1) is 10.0. The molecule has 3 N–H and O–H groups in total. The molecule has 5 nitrogen and oxygen atoms in total. The standard InChI is InChI=1S/C15H26N4OS/c1-3-7-15(2,16)13(20)18-14-17-12(11-21-14)10-19-8-5-4-6-9-19/h11H,3-10,16H2,1-2H3,(H,17,18,20). The number of hydrogen-bond donors (Lipinski definition) is 2. The molecule has 1 amide bonds. The van der Waals surface area contributed by atoms with Crippen molar-refractivity contribution in [2.45, 2.75) is 58.0 Å². The SMILES string of the molecule is CCCC(C)(N)C(=O)Nc1nc(CN2CCCCC2)cs1. The van der Waals surface area contributed by atoms with Crippen LogP contribution in [0.15, 0.2) is 5.38 Å². The van der Waals surface area contributed by atoms with Gasteiger partial charge < -0.3 is 11.1 Å². The third kappa shape index (κ3) is 4.76. The molecule has 0 spiro atoms. The highest BCUT2D eigenvalue weighted by Crippen LogP contribution is 2.20. The van der Waals surface area contributed by atoms with E-state index >= 15 is 0 Å². The first-order valence-electron chi connectivity index (χ1n) is 7.78. The van der Waals surface area contributed by atoms with Crippen LogP contribution >= 0.6 is 11.3 Å². The summed E-state index contributed by atoms with van der Waals surface area (Å²) >= 11 is 1.48. The quantitative estimate of drug-likeness (QED) is 0.847. The number of piperidine rings is 1. The second kappa shape index (κ2) is 7.33. The van der Waals surface area contributed by atoms with Crippen molar-refractivity contribution in [1.82, 2.24) is 9.88 Å². The van der Waals surface area contributed by atoms with Crippen LogP contribution in [-0.4, -0.2) is 34.4 Å². The number of anilines is 1. The van der Waals surface area contributed by atoms with Crippen molar-refractivity contribution in [2.75, 3.05) is 18.4 Å². The van der Waals surface area contributed by atoms with Gasteiger partial charge in [-0.15, -0.1) is 11.3 Å². The van der Waals surface area contributed by atoms with Crippen LogP contribution in [0.2, 0.25) is 0 Å². The van der Waals surface area contributed by atoms with Gasteiger partial charge in [0, 0.05) is 11.9 Å². The van der Waals surface area contributed by atoms with Crippen molar-refractivity contribution in [2.24, 2.45) is 5.73 Å². The van der Waals surface area contributed by atoms with Gasteiger partial charge in [0.2, 0.25) is 5.91 Å². The van der Waals surface area contributed by atoms with E-state index in [1.54, 1.807) is 6.92 Å². The molecule has 6 heteroatoms. The van der Waals surface area contributed by atoms with Gasteiger partial charge in [-0.1, -0.05) is 19.8 Å². The van der Waals surface area contributed by atoms with Crippen LogP contribution in [0.1, 0.15) is 51.6 Å². The molecule has 1 atom stereocenters. The summed E-state index contributed by atoms with van der Waals surface area (Å²) in [4.78, 5) is 19.1. The van der Waals surface area contributed by atoms with Crippen molar-refractivity contribution in [3.63, 3.8) is 0 Å². The van der Waals surface area contributed by atoms with E-state index < -0.39 is 5.54 Å². The maximum atomic E-state index is 12.1. The molecule has 1 aliphatic heterocycles. The summed E-state index contributed by atoms with van der Waals surface area (Å²) in [5, 5.41) is 5.53. The smallest absolute Gasteiger partial charge is 0.245 e. The Bertz CT molecular complexity index is 466. The van der Waals surface area contributed by atoms with Crippen LogP contribution < -0.4 is 11.1 Å². The van der Waals surface area contributed by atoms with E-state index in [1.807, 2.05) is 12.3 Å². The van der Waals surface area contributed by atoms with E-state index in [0.717, 1.165) is 31.7 Å². The van der Waals surface area contributed by atoms with Gasteiger partial charge in [-0.2, -0.15) is 0 Å². The van der Waals surface area contributed by atoms with Gasteiger partial charge in [0.15, 0.2) is 5.13 Å². The number of nitrogens with zero attached hydrogens (tertiary/aromatic N) is 2. The average Bonchev–Trinajstić information content (AvgIpc) is 2.87. The Hall–Kier alpha value is -0.980. The van der Waals surface area contributed by atoms with Crippen LogP contribution in [0.4, 0.5) is 5.13 Å². The van der Waals surface area contributed by atoms with Crippen molar-refractivity contribution < 1.29 is 4.79 Å². The highest BCUT2D eigenvalue weighted by atomic mass is 32.1. The number of nitrogens with two attached hydrogens (primary N) is 1. The Morgan fingerprint density at radius 3 is 2.86 bits per heavy atom. The minimum atomic E-state index is -0.826. The molecule has 2 rings (SSSR count). The molecule has 0 aliphatic carbocycles. The summed E-state index contributed by atoms with van der Waals surface area (Å²) < 4.78 is 0. The fourth-order valence-corrected chi connectivity index (χ4v) is 3.35. The Balaban J connectivity index is 1.89. The minimum Gasteiger partial charge on any atom is -0.318 e. The third-order valence-electron chi connectivity index (χ3n) is 3.89. The molecule has 1 unspecified atom stereocenters. The zero-order chi connectivity index (χ0) is 15.3. The fourth-order valence-electron chi connectivity index (χ4n) is 2.66. The molecule has 21 heavy (non-hydrogen) atoms. The van der Waals surface area contributed by atoms with E-state index in [9.17, 15) is 4.79 Å². The van der Waals surface area contributed by atoms with Crippen molar-refractivity contribution in [3.8, 4) is 0 Å². The largest absolute Gasteiger partial charge is 0.318 e. The molecule has 1 saturated heterocycles. The van der Waals surface area contributed by atoms with Crippen LogP contribution in [0.3, 0.4) is 0 Å². The van der Waals surface area contributed by atoms with E-state index in [4.69, 9.17) is 5.73 Å². The number of carbonyl (C=O) groups excluding carboxylic acids is 1. The number of rotatable bonds is 6. The maximum absolute atomic E-state index is 12.1. The average molecular weight is 310 g/mol. The molecule has 1 aliphatic rings. The Morgan fingerprint density at radius 1 is 1.48 bits per heavy atom. The highest BCUT2D eigenvalue weighted by molar-refractivity contribution is 7.13. The van der Waals surface area contributed by atoms with Crippen LogP contribution in [0, 0.1) is 0 Å². The Labute approximate surface area is 130 Å². The van der Waals surface area contributed by atoms with Crippen molar-refractivity contribution in [3.05, 3.63) is 11.1 Å². The predicted molar refractivity (Wildman–Crippen MR) is 87.4 cm³/mol. The lowest BCUT2D eigenvalue weighted by atomic mass is 9.97. The van der Waals surface area contributed by atoms with Gasteiger partial charge in [-0.25, -0.2) is 4.98 Å². The number of amides is 1. The van der Waals surface area contributed by atoms with Gasteiger partial charge in [0.1, 0.15) is 0 Å². The Kier molecular flexibility index (Phi) is 5.72. The zero-order valence-electron chi connectivity index (χ0n) is 13.0. The van der Waals surface area contributed by atoms with E-state index in [0.29, 0.717) is 11.6 Å². The van der Waals surface area contributed by atoms with Crippen LogP contribution in [-0.2, 0) is 11.3 Å². The maximum Gasteiger partial charge on any atom is 0.245 e. The van der Waals surface area contributed by atoms with Gasteiger partial charge in [-0.05, 0) is 39.3 Å². The first-order valence-corrected chi connectivity index (χ1v) is 8.66. The van der Waals surface area contributed by atoms with E-state index in [1.165, 1.54) is 30.6 Å². The van der Waals surface area contributed by atoms with Gasteiger partial charge >= 0.3 is 0 Å². The summed E-state index contributed by atoms with van der Waals surface area (Å²) in [7, 11) is 0. The molecule has 0 saturated carbocycles. The zero-order valence-corrected chi connectivity index (χ0v) is 13.8. The highest BCUT2D eigenvalue weighted by Gasteiger charge is 2.27. The second-order valence-corrected chi connectivity index (χ2v) is 6.96. The number of nitrogens with one attached hydrogen (secondary N) is 1. The summed E-state index contributed by atoms with van der Waals surface area (Å²) in [5.41, 5.74) is 6.24. The number of carbonyl (C=O) groups is 1. The summed E-state index contributed by atoms with van der Waals surface area (Å²) in [6, 6.07) is 0. The van der Waals surface area contributed by atoms with Crippen molar-refractivity contribution in [1.29, 1.82) is 0 Å². The third-order valence-corrected chi connectivity index (χ3v) is 4.70. The molecular weight excluding hydrogens is 284 g/mol. The molecule has 1 aromatic rings. The normalized spacial score (nSPS) is 19.2. The van der Waals surface area contributed by atoms with Crippen LogP contribution in [0.5, 0.6) is 0 Å². The first kappa shape index (κ1) is 16.4.